The summed E-state index contributed by atoms with van der Waals surface area (Å²) in [5.74, 6) is -8.54. The Balaban J connectivity index is 1.42. The topological polar surface area (TPSA) is 333 Å². The number of carboxylic acids is 1. The number of rotatable bonds is 14. The molecule has 79 heavy (non-hydrogen) atoms. The van der Waals surface area contributed by atoms with Gasteiger partial charge in [-0.25, -0.2) is 4.79 Å². The van der Waals surface area contributed by atoms with Crippen LogP contribution < -0.4 is 48.7 Å². The van der Waals surface area contributed by atoms with Crippen molar-refractivity contribution in [3.8, 4) is 5.75 Å². The van der Waals surface area contributed by atoms with Crippen LogP contribution in [0.1, 0.15) is 61.3 Å². The Morgan fingerprint density at radius 1 is 0.544 bits per heavy atom. The van der Waals surface area contributed by atoms with Gasteiger partial charge in [0.2, 0.25) is 41.4 Å². The molecule has 0 unspecified atom stereocenters. The van der Waals surface area contributed by atoms with E-state index in [0.717, 1.165) is 32.4 Å². The Labute approximate surface area is 466 Å². The van der Waals surface area contributed by atoms with E-state index in [0.29, 0.717) is 35.1 Å². The fourth-order valence-corrected chi connectivity index (χ4v) is 11.1. The highest BCUT2D eigenvalue weighted by Crippen LogP contribution is 2.26. The van der Waals surface area contributed by atoms with E-state index >= 15 is 9.59 Å². The first-order valence-electron chi connectivity index (χ1n) is 26.0. The third-order valence-corrected chi connectivity index (χ3v) is 15.8. The van der Waals surface area contributed by atoms with Gasteiger partial charge in [0.15, 0.2) is 0 Å². The Morgan fingerprint density at radius 2 is 1.01 bits per heavy atom. The molecule has 0 aliphatic carbocycles. The minimum Gasteiger partial charge on any atom is -0.508 e. The van der Waals surface area contributed by atoms with E-state index in [4.69, 9.17) is 11.5 Å². The van der Waals surface area contributed by atoms with E-state index in [1.807, 2.05) is 36.4 Å². The van der Waals surface area contributed by atoms with Gasteiger partial charge in [-0.3, -0.25) is 33.6 Å². The highest BCUT2D eigenvalue weighted by Gasteiger charge is 2.38. The molecule has 1 aliphatic heterocycles. The normalized spacial score (nSPS) is 23.6. The fourth-order valence-electron chi connectivity index (χ4n) is 8.81. The molecular weight excluding hydrogens is 1050 g/mol. The number of benzene rings is 5. The summed E-state index contributed by atoms with van der Waals surface area (Å²) in [4.78, 5) is 114. The number of nitrogens with two attached hydrogens (primary N) is 2. The number of nitrogens with one attached hydrogen (secondary N) is 7. The molecule has 1 heterocycles. The van der Waals surface area contributed by atoms with Gasteiger partial charge in [0.05, 0.1) is 12.1 Å². The van der Waals surface area contributed by atoms with Crippen LogP contribution in [0.15, 0.2) is 127 Å². The zero-order valence-electron chi connectivity index (χ0n) is 43.8. The van der Waals surface area contributed by atoms with Crippen molar-refractivity contribution >= 4 is 79.7 Å². The van der Waals surface area contributed by atoms with Gasteiger partial charge in [-0.1, -0.05) is 144 Å². The van der Waals surface area contributed by atoms with Gasteiger partial charge < -0.3 is 64.0 Å². The number of fused-ring (bicyclic) bond motifs is 1. The predicted octanol–water partition coefficient (Wildman–Crippen LogP) is 2.09. The molecule has 1 saturated heterocycles. The van der Waals surface area contributed by atoms with Gasteiger partial charge >= 0.3 is 5.97 Å². The highest BCUT2D eigenvalue weighted by atomic mass is 33.1. The molecule has 20 nitrogen and oxygen atoms in total. The molecule has 420 valence electrons. The van der Waals surface area contributed by atoms with Crippen molar-refractivity contribution < 1.29 is 53.7 Å². The first-order chi connectivity index (χ1) is 37.9. The van der Waals surface area contributed by atoms with Gasteiger partial charge in [-0.05, 0) is 77.9 Å². The first-order valence-corrected chi connectivity index (χ1v) is 28.5. The van der Waals surface area contributed by atoms with Crippen LogP contribution in [0.25, 0.3) is 10.8 Å². The van der Waals surface area contributed by atoms with E-state index in [-0.39, 0.29) is 49.5 Å². The van der Waals surface area contributed by atoms with Crippen LogP contribution in [0, 0.1) is 0 Å². The van der Waals surface area contributed by atoms with Gasteiger partial charge in [0, 0.05) is 36.7 Å². The van der Waals surface area contributed by atoms with E-state index < -0.39 is 108 Å². The van der Waals surface area contributed by atoms with Gasteiger partial charge in [-0.2, -0.15) is 0 Å². The van der Waals surface area contributed by atoms with Crippen molar-refractivity contribution in [3.63, 3.8) is 0 Å². The molecule has 22 heteroatoms. The summed E-state index contributed by atoms with van der Waals surface area (Å²) in [5.41, 5.74) is 14.6. The summed E-state index contributed by atoms with van der Waals surface area (Å²) in [6, 6.07) is 24.9. The molecule has 5 aromatic carbocycles. The lowest BCUT2D eigenvalue weighted by Gasteiger charge is -2.31. The van der Waals surface area contributed by atoms with Crippen molar-refractivity contribution in [1.82, 2.24) is 37.2 Å². The minimum absolute atomic E-state index is 0.0163. The summed E-state index contributed by atoms with van der Waals surface area (Å²) >= 11 is 0. The molecule has 0 spiro atoms. The lowest BCUT2D eigenvalue weighted by molar-refractivity contribution is -0.141. The fraction of sp³-hybridized carbons (Fsp3) is 0.368. The van der Waals surface area contributed by atoms with Crippen LogP contribution in [0.3, 0.4) is 0 Å². The van der Waals surface area contributed by atoms with Gasteiger partial charge in [0.1, 0.15) is 48.0 Å². The molecule has 0 bridgehead atoms. The number of aliphatic hydroxyl groups excluding tert-OH is 1. The number of phenols is 1. The van der Waals surface area contributed by atoms with Crippen LogP contribution in [0.5, 0.6) is 5.75 Å². The molecule has 6 rings (SSSR count). The number of aromatic hydroxyl groups is 1. The summed E-state index contributed by atoms with van der Waals surface area (Å²) in [6.45, 7) is 3.20. The summed E-state index contributed by atoms with van der Waals surface area (Å²) in [7, 11) is 2.04. The smallest absolute Gasteiger partial charge is 0.327 e. The number of aliphatic hydroxyl groups is 1. The van der Waals surface area contributed by atoms with Crippen molar-refractivity contribution in [2.75, 3.05) is 18.1 Å². The molecule has 7 amide bonds. The lowest BCUT2D eigenvalue weighted by Crippen LogP contribution is -2.62. The maximum atomic E-state index is 15.1. The van der Waals surface area contributed by atoms with Crippen molar-refractivity contribution in [1.29, 1.82) is 0 Å². The molecule has 1 fully saturated rings. The Kier molecular flexibility index (Phi) is 23.1. The quantitative estimate of drug-likeness (QED) is 0.0560. The number of carbonyl (C=O) groups is 8. The van der Waals surface area contributed by atoms with Crippen molar-refractivity contribution in [2.45, 2.75) is 113 Å². The highest BCUT2D eigenvalue weighted by molar-refractivity contribution is 8.76. The lowest BCUT2D eigenvalue weighted by atomic mass is 9.90. The van der Waals surface area contributed by atoms with Crippen LogP contribution in [0.4, 0.5) is 0 Å². The number of hydrogen-bond acceptors (Lipinski definition) is 14. The number of hydrogen-bond donors (Lipinski definition) is 12. The summed E-state index contributed by atoms with van der Waals surface area (Å²) in [5, 5.41) is 52.0. The number of phenolic OH excluding ortho intramolecular Hbond substituents is 1. The van der Waals surface area contributed by atoms with E-state index in [1.54, 1.807) is 85.8 Å². The average Bonchev–Trinajstić information content (AvgIpc) is 3.44. The predicted molar refractivity (Wildman–Crippen MR) is 303 cm³/mol. The van der Waals surface area contributed by atoms with E-state index in [9.17, 15) is 44.1 Å². The summed E-state index contributed by atoms with van der Waals surface area (Å²) in [6.07, 6.45) is -1.18. The second-order valence-electron chi connectivity index (χ2n) is 19.5. The van der Waals surface area contributed by atoms with Crippen molar-refractivity contribution in [3.05, 3.63) is 150 Å². The maximum Gasteiger partial charge on any atom is 0.327 e. The van der Waals surface area contributed by atoms with Crippen LogP contribution in [-0.2, 0) is 57.6 Å². The first kappa shape index (κ1) is 60.7. The van der Waals surface area contributed by atoms with E-state index in [1.165, 1.54) is 19.1 Å². The molecule has 0 radical (unpaired) electrons. The zero-order chi connectivity index (χ0) is 57.0. The molecule has 10 atom stereocenters. The van der Waals surface area contributed by atoms with Gasteiger partial charge in [-0.15, -0.1) is 0 Å². The molecule has 1 aliphatic rings. The second kappa shape index (κ2) is 30.0. The largest absolute Gasteiger partial charge is 0.508 e. The number of carbonyl (C=O) groups excluding carboxylic acids is 7. The number of aliphatic carboxylic acids is 1. The summed E-state index contributed by atoms with van der Waals surface area (Å²) < 4.78 is 0. The minimum atomic E-state index is -1.71. The number of unbranched alkanes of at least 4 members (excludes halogenated alkanes) is 1. The molecule has 14 N–H and O–H groups in total. The SMILES string of the molecule is C[C@H](c1ccc2ccccc2c1)[C@@H]1NC(=O)[C@H](Cc2ccc(O)cc2)NC(=O)[C@H](Cc2ccccc2)NC(=O)[C@@H](N)CSSC[C@@H](C(=O)O)NC(=O)[C@H](Cc2ccccc2)NC(=O)[C@H]([C@@H](C)O)NC(=O)[C@H](CCCCN)NC1=O. The van der Waals surface area contributed by atoms with Crippen molar-refractivity contribution in [2.24, 2.45) is 11.5 Å². The average molecular weight is 1120 g/mol. The third-order valence-electron chi connectivity index (χ3n) is 13.4. The number of amides is 7. The van der Waals surface area contributed by atoms with Crippen LogP contribution in [0.2, 0.25) is 0 Å². The third kappa shape index (κ3) is 18.3. The van der Waals surface area contributed by atoms with E-state index in [2.05, 4.69) is 37.2 Å². The maximum absolute atomic E-state index is 15.1. The number of carboxylic acid groups (broad SMARTS) is 1. The molecule has 5 aromatic rings. The Morgan fingerprint density at radius 3 is 1.59 bits per heavy atom. The van der Waals surface area contributed by atoms with Crippen LogP contribution in [-0.4, -0.2) is 135 Å². The second-order valence-corrected chi connectivity index (χ2v) is 22.0. The molecule has 0 saturated carbocycles. The standard InChI is InChI=1S/C57H69N9O11S2/c1-33(39-23-22-38-17-9-10-18-40(38)30-39)48-55(74)60-43(19-11-12-26-58)51(70)66-49(34(2)67)56(75)63-45(28-36-15-7-4-8-16-36)53(72)64-47(57(76)77)32-79-78-31-42(59)50(69)61-44(27-35-13-5-3-6-14-35)52(71)62-46(54(73)65-48)29-37-20-24-41(68)25-21-37/h3-10,13-18,20-25,30,33-34,42-49,67-68H,11-12,19,26-29,31-32,58-59H2,1-2H3,(H,60,74)(H,61,69)(H,62,71)(H,63,75)(H,64,72)(H,65,73)(H,66,70)(H,76,77)/t33-,34-,42+,43+,44+,45+,46+,47+,48+,49+/m1/s1. The Bertz CT molecular complexity index is 2890. The van der Waals surface area contributed by atoms with Gasteiger partial charge in [0.25, 0.3) is 0 Å². The van der Waals surface area contributed by atoms with Crippen LogP contribution >= 0.6 is 21.6 Å². The molecular formula is C57H69N9O11S2. The monoisotopic (exact) mass is 1120 g/mol. The Hall–Kier alpha value is -7.50. The zero-order valence-corrected chi connectivity index (χ0v) is 45.5. The molecule has 0 aromatic heterocycles.